The minimum Gasteiger partial charge on any atom is -0.464 e. The first-order valence-corrected chi connectivity index (χ1v) is 8.37. The molecule has 0 bridgehead atoms. The molecule has 0 aromatic carbocycles. The SMILES string of the molecule is CCc1ccc(C(CN)N2CCN(c3nccs3)CC2)o1. The summed E-state index contributed by atoms with van der Waals surface area (Å²) in [6.07, 6.45) is 2.79. The number of aromatic nitrogens is 1. The van der Waals surface area contributed by atoms with Gasteiger partial charge in [-0.15, -0.1) is 11.3 Å². The summed E-state index contributed by atoms with van der Waals surface area (Å²) in [5.41, 5.74) is 5.99. The maximum Gasteiger partial charge on any atom is 0.185 e. The maximum atomic E-state index is 5.99. The van der Waals surface area contributed by atoms with E-state index in [9.17, 15) is 0 Å². The van der Waals surface area contributed by atoms with Crippen LogP contribution in [-0.2, 0) is 6.42 Å². The lowest BCUT2D eigenvalue weighted by Gasteiger charge is -2.38. The zero-order valence-electron chi connectivity index (χ0n) is 12.4. The molecule has 1 aliphatic heterocycles. The third kappa shape index (κ3) is 3.12. The highest BCUT2D eigenvalue weighted by Gasteiger charge is 2.26. The van der Waals surface area contributed by atoms with E-state index in [2.05, 4.69) is 33.8 Å². The fraction of sp³-hybridized carbons (Fsp3) is 0.533. The Hall–Kier alpha value is -1.37. The van der Waals surface area contributed by atoms with Gasteiger partial charge in [-0.2, -0.15) is 0 Å². The molecule has 0 radical (unpaired) electrons. The molecule has 2 aromatic rings. The highest BCUT2D eigenvalue weighted by atomic mass is 32.1. The van der Waals surface area contributed by atoms with Gasteiger partial charge in [-0.05, 0) is 12.1 Å². The quantitative estimate of drug-likeness (QED) is 0.917. The summed E-state index contributed by atoms with van der Waals surface area (Å²) in [4.78, 5) is 9.15. The summed E-state index contributed by atoms with van der Waals surface area (Å²) >= 11 is 1.70. The molecule has 0 saturated carbocycles. The fourth-order valence-corrected chi connectivity index (χ4v) is 3.50. The minimum atomic E-state index is 0.184. The molecule has 1 aliphatic rings. The Kier molecular flexibility index (Phi) is 4.57. The van der Waals surface area contributed by atoms with E-state index in [1.165, 1.54) is 0 Å². The third-order valence-electron chi connectivity index (χ3n) is 4.03. The van der Waals surface area contributed by atoms with Crippen LogP contribution in [0.5, 0.6) is 0 Å². The van der Waals surface area contributed by atoms with Crippen LogP contribution in [0, 0.1) is 0 Å². The van der Waals surface area contributed by atoms with Crippen molar-refractivity contribution >= 4 is 16.5 Å². The molecule has 0 amide bonds. The second kappa shape index (κ2) is 6.60. The van der Waals surface area contributed by atoms with E-state index in [0.717, 1.165) is 49.3 Å². The van der Waals surface area contributed by atoms with Crippen molar-refractivity contribution in [2.75, 3.05) is 37.6 Å². The standard InChI is InChI=1S/C15H22N4OS/c1-2-12-3-4-14(20-12)13(11-16)18-6-8-19(9-7-18)15-17-5-10-21-15/h3-5,10,13H,2,6-9,11,16H2,1H3. The number of hydrogen-bond donors (Lipinski definition) is 1. The van der Waals surface area contributed by atoms with Gasteiger partial charge in [0.1, 0.15) is 11.5 Å². The van der Waals surface area contributed by atoms with Gasteiger partial charge in [-0.3, -0.25) is 4.90 Å². The van der Waals surface area contributed by atoms with E-state index in [0.29, 0.717) is 6.54 Å². The van der Waals surface area contributed by atoms with Gasteiger partial charge >= 0.3 is 0 Å². The average Bonchev–Trinajstić information content (AvgIpc) is 3.20. The summed E-state index contributed by atoms with van der Waals surface area (Å²) in [5, 5.41) is 3.14. The Labute approximate surface area is 129 Å². The van der Waals surface area contributed by atoms with Crippen LogP contribution in [0.25, 0.3) is 0 Å². The van der Waals surface area contributed by atoms with Crippen molar-refractivity contribution in [3.8, 4) is 0 Å². The minimum absolute atomic E-state index is 0.184. The Balaban J connectivity index is 1.64. The van der Waals surface area contributed by atoms with Crippen molar-refractivity contribution < 1.29 is 4.42 Å². The number of rotatable bonds is 5. The number of anilines is 1. The first-order chi connectivity index (χ1) is 10.3. The number of thiazole rings is 1. The Morgan fingerprint density at radius 1 is 1.33 bits per heavy atom. The normalized spacial score (nSPS) is 18.1. The molecule has 3 heterocycles. The Bertz CT molecular complexity index is 546. The highest BCUT2D eigenvalue weighted by Crippen LogP contribution is 2.25. The van der Waals surface area contributed by atoms with Crippen LogP contribution in [0.4, 0.5) is 5.13 Å². The smallest absolute Gasteiger partial charge is 0.185 e. The van der Waals surface area contributed by atoms with Gasteiger partial charge in [0, 0.05) is 50.7 Å². The van der Waals surface area contributed by atoms with E-state index >= 15 is 0 Å². The van der Waals surface area contributed by atoms with Crippen molar-refractivity contribution in [3.63, 3.8) is 0 Å². The second-order valence-corrected chi connectivity index (χ2v) is 6.12. The van der Waals surface area contributed by atoms with Crippen molar-refractivity contribution in [2.24, 2.45) is 5.73 Å². The largest absolute Gasteiger partial charge is 0.464 e. The first kappa shape index (κ1) is 14.6. The number of nitrogens with zero attached hydrogens (tertiary/aromatic N) is 3. The molecule has 1 fully saturated rings. The van der Waals surface area contributed by atoms with Crippen LogP contribution < -0.4 is 10.6 Å². The molecule has 5 nitrogen and oxygen atoms in total. The number of furan rings is 1. The summed E-state index contributed by atoms with van der Waals surface area (Å²) in [6, 6.07) is 4.32. The molecule has 6 heteroatoms. The molecule has 21 heavy (non-hydrogen) atoms. The van der Waals surface area contributed by atoms with E-state index in [-0.39, 0.29) is 6.04 Å². The summed E-state index contributed by atoms with van der Waals surface area (Å²) < 4.78 is 5.89. The monoisotopic (exact) mass is 306 g/mol. The number of aryl methyl sites for hydroxylation is 1. The lowest BCUT2D eigenvalue weighted by Crippen LogP contribution is -2.49. The molecule has 0 aliphatic carbocycles. The van der Waals surface area contributed by atoms with Crippen LogP contribution in [0.15, 0.2) is 28.1 Å². The maximum absolute atomic E-state index is 5.99. The molecule has 1 unspecified atom stereocenters. The van der Waals surface area contributed by atoms with Gasteiger partial charge in [0.15, 0.2) is 5.13 Å². The predicted octanol–water partition coefficient (Wildman–Crippen LogP) is 2.12. The van der Waals surface area contributed by atoms with Crippen LogP contribution in [0.2, 0.25) is 0 Å². The van der Waals surface area contributed by atoms with Gasteiger partial charge in [0.25, 0.3) is 0 Å². The molecular formula is C15H22N4OS. The van der Waals surface area contributed by atoms with E-state index in [1.807, 2.05) is 11.6 Å². The number of hydrogen-bond acceptors (Lipinski definition) is 6. The Morgan fingerprint density at radius 2 is 2.14 bits per heavy atom. The van der Waals surface area contributed by atoms with E-state index in [1.54, 1.807) is 11.3 Å². The van der Waals surface area contributed by atoms with Crippen LogP contribution >= 0.6 is 11.3 Å². The highest BCUT2D eigenvalue weighted by molar-refractivity contribution is 7.13. The zero-order chi connectivity index (χ0) is 14.7. The molecule has 2 N–H and O–H groups in total. The Morgan fingerprint density at radius 3 is 2.71 bits per heavy atom. The van der Waals surface area contributed by atoms with Crippen LogP contribution in [0.3, 0.4) is 0 Å². The van der Waals surface area contributed by atoms with Crippen molar-refractivity contribution in [1.82, 2.24) is 9.88 Å². The topological polar surface area (TPSA) is 58.5 Å². The summed E-state index contributed by atoms with van der Waals surface area (Å²) in [5.74, 6) is 2.03. The van der Waals surface area contributed by atoms with Gasteiger partial charge in [-0.25, -0.2) is 4.98 Å². The van der Waals surface area contributed by atoms with Crippen molar-refractivity contribution in [2.45, 2.75) is 19.4 Å². The van der Waals surface area contributed by atoms with Gasteiger partial charge in [0.2, 0.25) is 0 Å². The van der Waals surface area contributed by atoms with E-state index in [4.69, 9.17) is 10.2 Å². The summed E-state index contributed by atoms with van der Waals surface area (Å²) in [6.45, 7) is 6.66. The van der Waals surface area contributed by atoms with Crippen molar-refractivity contribution in [3.05, 3.63) is 35.2 Å². The molecule has 114 valence electrons. The van der Waals surface area contributed by atoms with Crippen molar-refractivity contribution in [1.29, 1.82) is 0 Å². The second-order valence-electron chi connectivity index (χ2n) is 5.25. The van der Waals surface area contributed by atoms with E-state index < -0.39 is 0 Å². The van der Waals surface area contributed by atoms with Gasteiger partial charge in [0.05, 0.1) is 6.04 Å². The predicted molar refractivity (Wildman–Crippen MR) is 85.8 cm³/mol. The lowest BCUT2D eigenvalue weighted by atomic mass is 10.1. The lowest BCUT2D eigenvalue weighted by molar-refractivity contribution is 0.168. The van der Waals surface area contributed by atoms with Crippen LogP contribution in [-0.4, -0.2) is 42.6 Å². The average molecular weight is 306 g/mol. The molecule has 2 aromatic heterocycles. The molecule has 3 rings (SSSR count). The van der Waals surface area contributed by atoms with Gasteiger partial charge in [-0.1, -0.05) is 6.92 Å². The van der Waals surface area contributed by atoms with Crippen LogP contribution in [0.1, 0.15) is 24.5 Å². The summed E-state index contributed by atoms with van der Waals surface area (Å²) in [7, 11) is 0. The number of nitrogens with two attached hydrogens (primary N) is 1. The molecule has 1 saturated heterocycles. The molecular weight excluding hydrogens is 284 g/mol. The molecule has 0 spiro atoms. The van der Waals surface area contributed by atoms with Gasteiger partial charge < -0.3 is 15.1 Å². The molecule has 1 atom stereocenters. The third-order valence-corrected chi connectivity index (χ3v) is 4.86. The fourth-order valence-electron chi connectivity index (χ4n) is 2.81. The first-order valence-electron chi connectivity index (χ1n) is 7.49. The zero-order valence-corrected chi connectivity index (χ0v) is 13.2. The number of piperazine rings is 1.